The Morgan fingerprint density at radius 1 is 1.57 bits per heavy atom. The summed E-state index contributed by atoms with van der Waals surface area (Å²) in [5, 5.41) is 8.33. The van der Waals surface area contributed by atoms with E-state index in [0.717, 1.165) is 6.08 Å². The van der Waals surface area contributed by atoms with Crippen LogP contribution in [0.25, 0.3) is 6.08 Å². The molecule has 0 aliphatic rings. The number of halogens is 1. The van der Waals surface area contributed by atoms with Gasteiger partial charge in [0.15, 0.2) is 0 Å². The number of aliphatic carboxylic acids is 1. The molecule has 1 aromatic rings. The van der Waals surface area contributed by atoms with Gasteiger partial charge < -0.3 is 9.84 Å². The van der Waals surface area contributed by atoms with Gasteiger partial charge in [0.2, 0.25) is 0 Å². The van der Waals surface area contributed by atoms with Crippen molar-refractivity contribution < 1.29 is 19.0 Å². The molecule has 14 heavy (non-hydrogen) atoms. The summed E-state index contributed by atoms with van der Waals surface area (Å²) in [4.78, 5) is 10.2. The summed E-state index contributed by atoms with van der Waals surface area (Å²) in [5.74, 6) is -1.22. The molecule has 0 aliphatic carbocycles. The maximum Gasteiger partial charge on any atom is 0.328 e. The zero-order valence-electron chi connectivity index (χ0n) is 7.53. The minimum absolute atomic E-state index is 0.216. The number of carboxylic acid groups (broad SMARTS) is 1. The van der Waals surface area contributed by atoms with Gasteiger partial charge in [-0.1, -0.05) is 0 Å². The summed E-state index contributed by atoms with van der Waals surface area (Å²) in [7, 11) is 1.43. The first-order valence-electron chi connectivity index (χ1n) is 3.88. The standard InChI is InChI=1S/C10H9FO3/c1-14-8-4-2-7(9(11)6-8)3-5-10(12)13/h2-6H,1H3,(H,12,13)/b5-3+. The van der Waals surface area contributed by atoms with E-state index in [1.807, 2.05) is 0 Å². The highest BCUT2D eigenvalue weighted by atomic mass is 19.1. The minimum Gasteiger partial charge on any atom is -0.497 e. The van der Waals surface area contributed by atoms with E-state index in [0.29, 0.717) is 5.75 Å². The quantitative estimate of drug-likeness (QED) is 0.751. The average Bonchev–Trinajstić information content (AvgIpc) is 2.15. The summed E-state index contributed by atoms with van der Waals surface area (Å²) >= 11 is 0. The molecule has 0 unspecified atom stereocenters. The molecule has 1 rings (SSSR count). The van der Waals surface area contributed by atoms with E-state index in [4.69, 9.17) is 9.84 Å². The maximum absolute atomic E-state index is 13.2. The summed E-state index contributed by atoms with van der Waals surface area (Å²) in [5.41, 5.74) is 0.216. The SMILES string of the molecule is COc1ccc(/C=C/C(=O)O)c(F)c1. The lowest BCUT2D eigenvalue weighted by atomic mass is 10.2. The molecule has 0 aromatic heterocycles. The molecule has 0 atom stereocenters. The van der Waals surface area contributed by atoms with Gasteiger partial charge in [-0.2, -0.15) is 0 Å². The first-order chi connectivity index (χ1) is 6.63. The molecule has 0 saturated heterocycles. The fourth-order valence-electron chi connectivity index (χ4n) is 0.931. The van der Waals surface area contributed by atoms with Crippen molar-refractivity contribution in [2.24, 2.45) is 0 Å². The molecule has 0 heterocycles. The Labute approximate surface area is 80.4 Å². The molecule has 3 nitrogen and oxygen atoms in total. The molecular weight excluding hydrogens is 187 g/mol. The van der Waals surface area contributed by atoms with Crippen LogP contribution in [-0.4, -0.2) is 18.2 Å². The van der Waals surface area contributed by atoms with Crippen molar-refractivity contribution in [1.29, 1.82) is 0 Å². The Bertz CT molecular complexity index is 372. The van der Waals surface area contributed by atoms with Crippen LogP contribution in [-0.2, 0) is 4.79 Å². The highest BCUT2D eigenvalue weighted by Crippen LogP contribution is 2.17. The van der Waals surface area contributed by atoms with Crippen molar-refractivity contribution in [3.05, 3.63) is 35.7 Å². The molecule has 1 aromatic carbocycles. The fourth-order valence-corrected chi connectivity index (χ4v) is 0.931. The number of carboxylic acids is 1. The van der Waals surface area contributed by atoms with Gasteiger partial charge in [0.1, 0.15) is 11.6 Å². The predicted octanol–water partition coefficient (Wildman–Crippen LogP) is 1.93. The van der Waals surface area contributed by atoms with Crippen LogP contribution in [0.4, 0.5) is 4.39 Å². The van der Waals surface area contributed by atoms with E-state index in [9.17, 15) is 9.18 Å². The Morgan fingerprint density at radius 3 is 2.79 bits per heavy atom. The summed E-state index contributed by atoms with van der Waals surface area (Å²) in [6.07, 6.45) is 2.07. The van der Waals surface area contributed by atoms with Crippen molar-refractivity contribution >= 4 is 12.0 Å². The van der Waals surface area contributed by atoms with Crippen LogP contribution in [0.3, 0.4) is 0 Å². The van der Waals surface area contributed by atoms with Gasteiger partial charge >= 0.3 is 5.97 Å². The van der Waals surface area contributed by atoms with Crippen LogP contribution in [0.2, 0.25) is 0 Å². The third-order valence-corrected chi connectivity index (χ3v) is 1.61. The molecule has 74 valence electrons. The number of rotatable bonds is 3. The highest BCUT2D eigenvalue weighted by Gasteiger charge is 2.00. The van der Waals surface area contributed by atoms with E-state index in [1.54, 1.807) is 6.07 Å². The lowest BCUT2D eigenvalue weighted by Crippen LogP contribution is -1.89. The first kappa shape index (κ1) is 10.2. The Hall–Kier alpha value is -1.84. The Morgan fingerprint density at radius 2 is 2.29 bits per heavy atom. The van der Waals surface area contributed by atoms with Crippen LogP contribution in [0, 0.1) is 5.82 Å². The molecule has 0 spiro atoms. The monoisotopic (exact) mass is 196 g/mol. The van der Waals surface area contributed by atoms with Gasteiger partial charge in [0.25, 0.3) is 0 Å². The van der Waals surface area contributed by atoms with Gasteiger partial charge in [-0.25, -0.2) is 9.18 Å². The van der Waals surface area contributed by atoms with Crippen LogP contribution < -0.4 is 4.74 Å². The third-order valence-electron chi connectivity index (χ3n) is 1.61. The van der Waals surface area contributed by atoms with E-state index in [1.165, 1.54) is 25.3 Å². The van der Waals surface area contributed by atoms with Crippen molar-refractivity contribution in [2.75, 3.05) is 7.11 Å². The zero-order valence-corrected chi connectivity index (χ0v) is 7.53. The van der Waals surface area contributed by atoms with Crippen LogP contribution in [0.15, 0.2) is 24.3 Å². The van der Waals surface area contributed by atoms with Crippen molar-refractivity contribution in [2.45, 2.75) is 0 Å². The lowest BCUT2D eigenvalue weighted by Gasteiger charge is -2.00. The van der Waals surface area contributed by atoms with Crippen molar-refractivity contribution in [3.8, 4) is 5.75 Å². The van der Waals surface area contributed by atoms with E-state index in [2.05, 4.69) is 0 Å². The largest absolute Gasteiger partial charge is 0.497 e. The van der Waals surface area contributed by atoms with Gasteiger partial charge in [-0.05, 0) is 18.2 Å². The zero-order chi connectivity index (χ0) is 10.6. The van der Waals surface area contributed by atoms with E-state index >= 15 is 0 Å². The molecule has 1 N–H and O–H groups in total. The van der Waals surface area contributed by atoms with E-state index < -0.39 is 11.8 Å². The second-order valence-corrected chi connectivity index (χ2v) is 2.56. The molecule has 0 fully saturated rings. The number of hydrogen-bond acceptors (Lipinski definition) is 2. The van der Waals surface area contributed by atoms with E-state index in [-0.39, 0.29) is 5.56 Å². The smallest absolute Gasteiger partial charge is 0.328 e. The molecule has 0 bridgehead atoms. The first-order valence-corrected chi connectivity index (χ1v) is 3.88. The highest BCUT2D eigenvalue weighted by molar-refractivity contribution is 5.85. The fraction of sp³-hybridized carbons (Fsp3) is 0.100. The van der Waals surface area contributed by atoms with Crippen molar-refractivity contribution in [3.63, 3.8) is 0 Å². The molecule has 0 amide bonds. The lowest BCUT2D eigenvalue weighted by molar-refractivity contribution is -0.131. The van der Waals surface area contributed by atoms with Crippen LogP contribution in [0.5, 0.6) is 5.75 Å². The molecule has 4 heteroatoms. The van der Waals surface area contributed by atoms with Gasteiger partial charge in [0.05, 0.1) is 7.11 Å². The van der Waals surface area contributed by atoms with Gasteiger partial charge in [0, 0.05) is 17.7 Å². The molecular formula is C10H9FO3. The normalized spacial score (nSPS) is 10.4. The molecule has 0 saturated carbocycles. The minimum atomic E-state index is -1.11. The second kappa shape index (κ2) is 4.41. The molecule has 0 radical (unpaired) electrons. The van der Waals surface area contributed by atoms with Gasteiger partial charge in [-0.15, -0.1) is 0 Å². The number of hydrogen-bond donors (Lipinski definition) is 1. The Balaban J connectivity index is 2.94. The predicted molar refractivity (Wildman–Crippen MR) is 49.6 cm³/mol. The summed E-state index contributed by atoms with van der Waals surface area (Å²) < 4.78 is 18.0. The topological polar surface area (TPSA) is 46.5 Å². The van der Waals surface area contributed by atoms with Crippen molar-refractivity contribution in [1.82, 2.24) is 0 Å². The van der Waals surface area contributed by atoms with Gasteiger partial charge in [-0.3, -0.25) is 0 Å². The Kier molecular flexibility index (Phi) is 3.23. The average molecular weight is 196 g/mol. The second-order valence-electron chi connectivity index (χ2n) is 2.56. The maximum atomic E-state index is 13.2. The van der Waals surface area contributed by atoms with Crippen LogP contribution >= 0.6 is 0 Å². The summed E-state index contributed by atoms with van der Waals surface area (Å²) in [6.45, 7) is 0. The number of methoxy groups -OCH3 is 1. The summed E-state index contributed by atoms with van der Waals surface area (Å²) in [6, 6.07) is 4.21. The number of carbonyl (C=O) groups is 1. The number of ether oxygens (including phenoxy) is 1. The third kappa shape index (κ3) is 2.58. The molecule has 0 aliphatic heterocycles. The van der Waals surface area contributed by atoms with Crippen LogP contribution in [0.1, 0.15) is 5.56 Å². The number of benzene rings is 1.